The number of rotatable bonds is 2. The number of aromatic nitrogens is 2. The first-order chi connectivity index (χ1) is 7.68. The van der Waals surface area contributed by atoms with Crippen molar-refractivity contribution in [2.75, 3.05) is 0 Å². The molecular weight excluding hydrogens is 209 g/mol. The minimum absolute atomic E-state index is 0.0979. The highest BCUT2D eigenvalue weighted by Gasteiger charge is 2.08. The van der Waals surface area contributed by atoms with E-state index < -0.39 is 11.9 Å². The monoisotopic (exact) mass is 217 g/mol. The summed E-state index contributed by atoms with van der Waals surface area (Å²) in [6.07, 6.45) is 2.76. The van der Waals surface area contributed by atoms with Crippen molar-refractivity contribution in [2.24, 2.45) is 5.73 Å². The number of halogens is 1. The van der Waals surface area contributed by atoms with Gasteiger partial charge in [0.05, 0.1) is 0 Å². The number of carbonyl (C=O) groups excluding carboxylic acids is 1. The summed E-state index contributed by atoms with van der Waals surface area (Å²) in [5.74, 6) is -1.24. The third kappa shape index (κ3) is 1.88. The Morgan fingerprint density at radius 1 is 1.25 bits per heavy atom. The number of hydrogen-bond acceptors (Lipinski definition) is 3. The Labute approximate surface area is 91.0 Å². The van der Waals surface area contributed by atoms with Crippen molar-refractivity contribution in [3.8, 4) is 11.1 Å². The summed E-state index contributed by atoms with van der Waals surface area (Å²) in [4.78, 5) is 18.2. The molecule has 0 aliphatic rings. The summed E-state index contributed by atoms with van der Waals surface area (Å²) in [5.41, 5.74) is 6.02. The number of amides is 1. The van der Waals surface area contributed by atoms with Gasteiger partial charge in [-0.05, 0) is 29.8 Å². The number of nitrogens with zero attached hydrogens (tertiary/aromatic N) is 2. The lowest BCUT2D eigenvalue weighted by atomic mass is 10.1. The molecule has 0 atom stereocenters. The second kappa shape index (κ2) is 4.06. The average molecular weight is 217 g/mol. The van der Waals surface area contributed by atoms with Crippen LogP contribution in [0.3, 0.4) is 0 Å². The van der Waals surface area contributed by atoms with E-state index in [4.69, 9.17) is 5.73 Å². The van der Waals surface area contributed by atoms with Gasteiger partial charge in [0.25, 0.3) is 5.91 Å². The summed E-state index contributed by atoms with van der Waals surface area (Å²) < 4.78 is 13.4. The summed E-state index contributed by atoms with van der Waals surface area (Å²) >= 11 is 0. The van der Waals surface area contributed by atoms with Gasteiger partial charge >= 0.3 is 0 Å². The molecule has 0 spiro atoms. The van der Waals surface area contributed by atoms with Crippen molar-refractivity contribution in [1.29, 1.82) is 0 Å². The van der Waals surface area contributed by atoms with E-state index in [1.807, 2.05) is 0 Å². The molecule has 0 aliphatic carbocycles. The second-order valence-corrected chi connectivity index (χ2v) is 3.14. The number of carbonyl (C=O) groups is 1. The maximum absolute atomic E-state index is 13.4. The predicted molar refractivity (Wildman–Crippen MR) is 55.9 cm³/mol. The van der Waals surface area contributed by atoms with E-state index in [1.54, 1.807) is 18.2 Å². The maximum atomic E-state index is 13.4. The predicted octanol–water partition coefficient (Wildman–Crippen LogP) is 1.38. The van der Waals surface area contributed by atoms with Crippen molar-refractivity contribution in [1.82, 2.24) is 9.97 Å². The Bertz CT molecular complexity index is 542. The highest BCUT2D eigenvalue weighted by atomic mass is 19.1. The van der Waals surface area contributed by atoms with Crippen LogP contribution in [0.15, 0.2) is 36.7 Å². The molecule has 4 nitrogen and oxygen atoms in total. The molecule has 0 saturated carbocycles. The van der Waals surface area contributed by atoms with Gasteiger partial charge in [-0.3, -0.25) is 9.78 Å². The fourth-order valence-electron chi connectivity index (χ4n) is 1.33. The van der Waals surface area contributed by atoms with Gasteiger partial charge < -0.3 is 5.73 Å². The van der Waals surface area contributed by atoms with E-state index in [-0.39, 0.29) is 5.69 Å². The number of pyridine rings is 2. The molecule has 2 rings (SSSR count). The lowest BCUT2D eigenvalue weighted by molar-refractivity contribution is 0.0995. The smallest absolute Gasteiger partial charge is 0.267 e. The fourth-order valence-corrected chi connectivity index (χ4v) is 1.33. The van der Waals surface area contributed by atoms with Gasteiger partial charge in [-0.2, -0.15) is 4.39 Å². The lowest BCUT2D eigenvalue weighted by Gasteiger charge is -2.02. The van der Waals surface area contributed by atoms with Gasteiger partial charge in [0.2, 0.25) is 5.95 Å². The van der Waals surface area contributed by atoms with E-state index in [0.29, 0.717) is 11.1 Å². The first-order valence-corrected chi connectivity index (χ1v) is 4.55. The zero-order valence-corrected chi connectivity index (χ0v) is 8.22. The molecule has 2 N–H and O–H groups in total. The highest BCUT2D eigenvalue weighted by molar-refractivity contribution is 5.92. The number of primary amides is 1. The summed E-state index contributed by atoms with van der Waals surface area (Å²) in [6.45, 7) is 0. The summed E-state index contributed by atoms with van der Waals surface area (Å²) in [5, 5.41) is 0. The minimum Gasteiger partial charge on any atom is -0.364 e. The van der Waals surface area contributed by atoms with Gasteiger partial charge in [-0.1, -0.05) is 0 Å². The first kappa shape index (κ1) is 10.2. The van der Waals surface area contributed by atoms with E-state index in [9.17, 15) is 9.18 Å². The molecule has 0 radical (unpaired) electrons. The molecule has 0 aromatic carbocycles. The Hall–Kier alpha value is -2.30. The SMILES string of the molecule is NC(=O)c1cc(-c2cccnc2F)ccn1. The fraction of sp³-hybridized carbons (Fsp3) is 0. The molecule has 0 fully saturated rings. The standard InChI is InChI=1S/C11H8FN3O/c12-10-8(2-1-4-15-10)7-3-5-14-9(6-7)11(13)16/h1-6H,(H2,13,16). The van der Waals surface area contributed by atoms with Crippen molar-refractivity contribution >= 4 is 5.91 Å². The topological polar surface area (TPSA) is 68.9 Å². The van der Waals surface area contributed by atoms with E-state index >= 15 is 0 Å². The highest BCUT2D eigenvalue weighted by Crippen LogP contribution is 2.20. The molecule has 0 unspecified atom stereocenters. The van der Waals surface area contributed by atoms with Gasteiger partial charge in [-0.15, -0.1) is 0 Å². The quantitative estimate of drug-likeness (QED) is 0.772. The third-order valence-corrected chi connectivity index (χ3v) is 2.08. The number of hydrogen-bond donors (Lipinski definition) is 1. The van der Waals surface area contributed by atoms with Gasteiger partial charge in [0.15, 0.2) is 0 Å². The van der Waals surface area contributed by atoms with Crippen LogP contribution in [0.5, 0.6) is 0 Å². The van der Waals surface area contributed by atoms with E-state index in [0.717, 1.165) is 0 Å². The molecule has 0 aliphatic heterocycles. The van der Waals surface area contributed by atoms with Crippen LogP contribution in [0.25, 0.3) is 11.1 Å². The van der Waals surface area contributed by atoms with Crippen LogP contribution in [-0.4, -0.2) is 15.9 Å². The normalized spacial score (nSPS) is 10.1. The molecule has 0 saturated heterocycles. The lowest BCUT2D eigenvalue weighted by Crippen LogP contribution is -2.12. The molecule has 2 aromatic heterocycles. The van der Waals surface area contributed by atoms with Crippen molar-refractivity contribution in [3.63, 3.8) is 0 Å². The van der Waals surface area contributed by atoms with Crippen LogP contribution in [0, 0.1) is 5.95 Å². The second-order valence-electron chi connectivity index (χ2n) is 3.14. The van der Waals surface area contributed by atoms with Crippen LogP contribution in [0.1, 0.15) is 10.5 Å². The maximum Gasteiger partial charge on any atom is 0.267 e. The van der Waals surface area contributed by atoms with Crippen LogP contribution in [-0.2, 0) is 0 Å². The molecule has 2 heterocycles. The van der Waals surface area contributed by atoms with Gasteiger partial charge in [0, 0.05) is 18.0 Å². The van der Waals surface area contributed by atoms with E-state index in [1.165, 1.54) is 18.5 Å². The summed E-state index contributed by atoms with van der Waals surface area (Å²) in [6, 6.07) is 6.21. The van der Waals surface area contributed by atoms with Crippen LogP contribution >= 0.6 is 0 Å². The van der Waals surface area contributed by atoms with Crippen LogP contribution < -0.4 is 5.73 Å². The number of nitrogens with two attached hydrogens (primary N) is 1. The largest absolute Gasteiger partial charge is 0.364 e. The van der Waals surface area contributed by atoms with Crippen LogP contribution in [0.4, 0.5) is 4.39 Å². The van der Waals surface area contributed by atoms with Gasteiger partial charge in [-0.25, -0.2) is 4.98 Å². The molecule has 5 heteroatoms. The zero-order valence-electron chi connectivity index (χ0n) is 8.22. The molecular formula is C11H8FN3O. The van der Waals surface area contributed by atoms with Crippen molar-refractivity contribution < 1.29 is 9.18 Å². The molecule has 1 amide bonds. The Morgan fingerprint density at radius 2 is 2.06 bits per heavy atom. The molecule has 16 heavy (non-hydrogen) atoms. The zero-order chi connectivity index (χ0) is 11.5. The summed E-state index contributed by atoms with van der Waals surface area (Å²) in [7, 11) is 0. The molecule has 2 aromatic rings. The first-order valence-electron chi connectivity index (χ1n) is 4.55. The Balaban J connectivity index is 2.53. The third-order valence-electron chi connectivity index (χ3n) is 2.08. The Morgan fingerprint density at radius 3 is 2.75 bits per heavy atom. The van der Waals surface area contributed by atoms with Crippen LogP contribution in [0.2, 0.25) is 0 Å². The average Bonchev–Trinajstić information content (AvgIpc) is 2.30. The van der Waals surface area contributed by atoms with Gasteiger partial charge in [0.1, 0.15) is 5.69 Å². The molecule has 0 bridgehead atoms. The van der Waals surface area contributed by atoms with Crippen molar-refractivity contribution in [3.05, 3.63) is 48.3 Å². The van der Waals surface area contributed by atoms with E-state index in [2.05, 4.69) is 9.97 Å². The molecule has 80 valence electrons. The van der Waals surface area contributed by atoms with Crippen molar-refractivity contribution in [2.45, 2.75) is 0 Å². The minimum atomic E-state index is -0.647. The Kier molecular flexibility index (Phi) is 2.59.